The van der Waals surface area contributed by atoms with Crippen LogP contribution in [0.5, 0.6) is 5.75 Å². The number of nitrogens with one attached hydrogen (secondary N) is 2. The summed E-state index contributed by atoms with van der Waals surface area (Å²) in [5, 5.41) is 14.3. The zero-order chi connectivity index (χ0) is 22.4. The van der Waals surface area contributed by atoms with Crippen LogP contribution in [0, 0.1) is 0 Å². The van der Waals surface area contributed by atoms with Crippen LogP contribution in [-0.4, -0.2) is 52.0 Å². The molecule has 0 saturated heterocycles. The number of H-pyrrole nitrogens is 1. The van der Waals surface area contributed by atoms with Crippen molar-refractivity contribution in [3.8, 4) is 5.75 Å². The monoisotopic (exact) mass is 428 g/mol. The Morgan fingerprint density at radius 1 is 1.00 bits per heavy atom. The first-order valence-corrected chi connectivity index (χ1v) is 10.6. The van der Waals surface area contributed by atoms with Gasteiger partial charge in [0.25, 0.3) is 11.8 Å². The summed E-state index contributed by atoms with van der Waals surface area (Å²) in [5.74, 6) is -0.744. The van der Waals surface area contributed by atoms with Crippen LogP contribution in [0.4, 0.5) is 0 Å². The summed E-state index contributed by atoms with van der Waals surface area (Å²) < 4.78 is 2.08. The Balaban J connectivity index is 1.70. The SMILES string of the molecule is CN(C)CCCn1cc(C2=C(c3cc4ccccc4[nH]3)C(=O)NC2=O)c2cc(O)ccc21. The van der Waals surface area contributed by atoms with Gasteiger partial charge in [-0.05, 0) is 57.4 Å². The molecule has 32 heavy (non-hydrogen) atoms. The fourth-order valence-corrected chi connectivity index (χ4v) is 4.40. The molecule has 3 heterocycles. The predicted octanol–water partition coefficient (Wildman–Crippen LogP) is 3.35. The number of hydrogen-bond acceptors (Lipinski definition) is 4. The summed E-state index contributed by atoms with van der Waals surface area (Å²) in [6.45, 7) is 1.68. The van der Waals surface area contributed by atoms with E-state index in [-0.39, 0.29) is 5.75 Å². The smallest absolute Gasteiger partial charge is 0.261 e. The van der Waals surface area contributed by atoms with Gasteiger partial charge in [0.05, 0.1) is 16.8 Å². The van der Waals surface area contributed by atoms with Gasteiger partial charge in [-0.15, -0.1) is 0 Å². The van der Waals surface area contributed by atoms with E-state index in [1.54, 1.807) is 12.1 Å². The van der Waals surface area contributed by atoms with Crippen LogP contribution in [0.25, 0.3) is 33.0 Å². The number of amides is 2. The van der Waals surface area contributed by atoms with Crippen LogP contribution in [0.15, 0.2) is 54.7 Å². The summed E-state index contributed by atoms with van der Waals surface area (Å²) in [7, 11) is 4.06. The van der Waals surface area contributed by atoms with Gasteiger partial charge in [0.2, 0.25) is 0 Å². The van der Waals surface area contributed by atoms with Crippen molar-refractivity contribution in [2.24, 2.45) is 0 Å². The number of carbonyl (C=O) groups is 2. The lowest BCUT2D eigenvalue weighted by atomic mass is 9.99. The van der Waals surface area contributed by atoms with Crippen molar-refractivity contribution in [2.75, 3.05) is 20.6 Å². The highest BCUT2D eigenvalue weighted by Gasteiger charge is 2.34. The highest BCUT2D eigenvalue weighted by Crippen LogP contribution is 2.37. The number of imide groups is 1. The molecule has 3 N–H and O–H groups in total. The highest BCUT2D eigenvalue weighted by atomic mass is 16.3. The maximum Gasteiger partial charge on any atom is 0.261 e. The van der Waals surface area contributed by atoms with Crippen LogP contribution in [-0.2, 0) is 16.1 Å². The molecule has 162 valence electrons. The van der Waals surface area contributed by atoms with Crippen LogP contribution in [0.2, 0.25) is 0 Å². The first-order chi connectivity index (χ1) is 15.4. The number of phenols is 1. The number of fused-ring (bicyclic) bond motifs is 2. The summed E-state index contributed by atoms with van der Waals surface area (Å²) >= 11 is 0. The Labute approximate surface area is 184 Å². The molecule has 7 nitrogen and oxygen atoms in total. The van der Waals surface area contributed by atoms with Gasteiger partial charge < -0.3 is 19.6 Å². The third-order valence-corrected chi connectivity index (χ3v) is 5.87. The molecule has 2 aromatic heterocycles. The zero-order valence-electron chi connectivity index (χ0n) is 18.0. The van der Waals surface area contributed by atoms with Crippen molar-refractivity contribution in [3.63, 3.8) is 0 Å². The van der Waals surface area contributed by atoms with Crippen molar-refractivity contribution >= 4 is 44.8 Å². The second kappa shape index (κ2) is 7.69. The minimum absolute atomic E-state index is 0.113. The van der Waals surface area contributed by atoms with E-state index in [2.05, 4.69) is 19.8 Å². The summed E-state index contributed by atoms with van der Waals surface area (Å²) in [6.07, 6.45) is 2.84. The van der Waals surface area contributed by atoms with E-state index in [1.807, 2.05) is 56.7 Å². The molecule has 0 saturated carbocycles. The van der Waals surface area contributed by atoms with E-state index in [1.165, 1.54) is 0 Å². The van der Waals surface area contributed by atoms with Crippen molar-refractivity contribution in [1.29, 1.82) is 0 Å². The Hall–Kier alpha value is -3.84. The van der Waals surface area contributed by atoms with E-state index in [4.69, 9.17) is 0 Å². The Morgan fingerprint density at radius 2 is 1.78 bits per heavy atom. The normalized spacial score (nSPS) is 14.3. The number of aromatic hydroxyl groups is 1. The van der Waals surface area contributed by atoms with E-state index >= 15 is 0 Å². The highest BCUT2D eigenvalue weighted by molar-refractivity contribution is 6.50. The molecular formula is C25H24N4O3. The molecular weight excluding hydrogens is 404 g/mol. The number of phenolic OH excluding ortho intramolecular Hbond substituents is 1. The lowest BCUT2D eigenvalue weighted by Gasteiger charge is -2.10. The fraction of sp³-hybridized carbons (Fsp3) is 0.200. The molecule has 2 amide bonds. The van der Waals surface area contributed by atoms with Gasteiger partial charge in [-0.1, -0.05) is 18.2 Å². The Morgan fingerprint density at radius 3 is 2.56 bits per heavy atom. The quantitative estimate of drug-likeness (QED) is 0.411. The van der Waals surface area contributed by atoms with Crippen LogP contribution in [0.1, 0.15) is 17.7 Å². The van der Waals surface area contributed by atoms with Gasteiger partial charge in [0.15, 0.2) is 0 Å². The lowest BCUT2D eigenvalue weighted by molar-refractivity contribution is -0.122. The Kier molecular flexibility index (Phi) is 4.83. The number of aromatic nitrogens is 2. The fourth-order valence-electron chi connectivity index (χ4n) is 4.40. The second-order valence-electron chi connectivity index (χ2n) is 8.40. The van der Waals surface area contributed by atoms with Gasteiger partial charge in [-0.2, -0.15) is 0 Å². The Bertz CT molecular complexity index is 1370. The summed E-state index contributed by atoms with van der Waals surface area (Å²) in [6, 6.07) is 14.8. The summed E-state index contributed by atoms with van der Waals surface area (Å²) in [5.41, 5.74) is 3.68. The zero-order valence-corrected chi connectivity index (χ0v) is 18.0. The van der Waals surface area contributed by atoms with E-state index in [0.29, 0.717) is 22.4 Å². The number of para-hydroxylation sites is 1. The molecule has 1 aliphatic heterocycles. The second-order valence-corrected chi connectivity index (χ2v) is 8.40. The third kappa shape index (κ3) is 3.36. The molecule has 2 aromatic carbocycles. The molecule has 0 bridgehead atoms. The van der Waals surface area contributed by atoms with Crippen molar-refractivity contribution < 1.29 is 14.7 Å². The van der Waals surface area contributed by atoms with Crippen molar-refractivity contribution in [2.45, 2.75) is 13.0 Å². The first kappa shape index (κ1) is 20.1. The van der Waals surface area contributed by atoms with Gasteiger partial charge in [-0.3, -0.25) is 14.9 Å². The number of aryl methyl sites for hydroxylation is 1. The van der Waals surface area contributed by atoms with E-state index in [9.17, 15) is 14.7 Å². The summed E-state index contributed by atoms with van der Waals surface area (Å²) in [4.78, 5) is 31.2. The van der Waals surface area contributed by atoms with Crippen molar-refractivity contribution in [1.82, 2.24) is 19.8 Å². The minimum atomic E-state index is -0.431. The molecule has 0 fully saturated rings. The molecule has 0 aliphatic carbocycles. The van der Waals surface area contributed by atoms with Crippen LogP contribution in [0.3, 0.4) is 0 Å². The van der Waals surface area contributed by atoms with Gasteiger partial charge >= 0.3 is 0 Å². The lowest BCUT2D eigenvalue weighted by Crippen LogP contribution is -2.22. The average molecular weight is 428 g/mol. The maximum absolute atomic E-state index is 12.9. The number of nitrogens with zero attached hydrogens (tertiary/aromatic N) is 2. The van der Waals surface area contributed by atoms with Gasteiger partial charge in [-0.25, -0.2) is 0 Å². The minimum Gasteiger partial charge on any atom is -0.508 e. The molecule has 5 rings (SSSR count). The molecule has 0 spiro atoms. The first-order valence-electron chi connectivity index (χ1n) is 10.6. The molecule has 0 radical (unpaired) electrons. The number of hydrogen-bond donors (Lipinski definition) is 3. The van der Waals surface area contributed by atoms with Crippen molar-refractivity contribution in [3.05, 3.63) is 66.0 Å². The molecule has 1 aliphatic rings. The number of aromatic amines is 1. The topological polar surface area (TPSA) is 90.4 Å². The van der Waals surface area contributed by atoms with E-state index in [0.717, 1.165) is 41.3 Å². The van der Waals surface area contributed by atoms with Gasteiger partial charge in [0, 0.05) is 40.1 Å². The maximum atomic E-state index is 12.9. The van der Waals surface area contributed by atoms with Crippen LogP contribution >= 0.6 is 0 Å². The predicted molar refractivity (Wildman–Crippen MR) is 125 cm³/mol. The number of carbonyl (C=O) groups excluding carboxylic acids is 2. The van der Waals surface area contributed by atoms with Gasteiger partial charge in [0.1, 0.15) is 5.75 Å². The van der Waals surface area contributed by atoms with Crippen LogP contribution < -0.4 is 5.32 Å². The molecule has 0 atom stereocenters. The van der Waals surface area contributed by atoms with E-state index < -0.39 is 11.8 Å². The molecule has 0 unspecified atom stereocenters. The number of rotatable bonds is 6. The third-order valence-electron chi connectivity index (χ3n) is 5.87. The number of benzene rings is 2. The molecule has 4 aromatic rings. The molecule has 7 heteroatoms. The standard InChI is InChI=1S/C25H24N4O3/c1-28(2)10-5-11-29-14-18(17-13-16(30)8-9-21(17)29)22-23(25(32)27-24(22)31)20-12-15-6-3-4-7-19(15)26-20/h3-4,6-9,12-14,26,30H,5,10-11H2,1-2H3,(H,27,31,32). The largest absolute Gasteiger partial charge is 0.508 e. The average Bonchev–Trinajstić information content (AvgIpc) is 3.40.